The quantitative estimate of drug-likeness (QED) is 0.514. The molecule has 1 aromatic carbocycles. The van der Waals surface area contributed by atoms with Gasteiger partial charge in [0.05, 0.1) is 16.2 Å². The zero-order chi connectivity index (χ0) is 14.7. The lowest BCUT2D eigenvalue weighted by Gasteiger charge is -2.13. The summed E-state index contributed by atoms with van der Waals surface area (Å²) >= 11 is 1.18. The van der Waals surface area contributed by atoms with Crippen LogP contribution in [0.5, 0.6) is 0 Å². The van der Waals surface area contributed by atoms with Gasteiger partial charge >= 0.3 is 0 Å². The Kier molecular flexibility index (Phi) is 4.24. The van der Waals surface area contributed by atoms with E-state index in [0.717, 1.165) is 0 Å². The number of primary amides is 1. The third kappa shape index (κ3) is 2.75. The van der Waals surface area contributed by atoms with Crippen molar-refractivity contribution in [2.45, 2.75) is 23.9 Å². The molecule has 0 saturated carbocycles. The second-order valence-corrected chi connectivity index (χ2v) is 5.59. The summed E-state index contributed by atoms with van der Waals surface area (Å²) in [4.78, 5) is 28.1. The first-order valence-corrected chi connectivity index (χ1v) is 6.99. The number of hydrogen-bond acceptors (Lipinski definition) is 4. The molecule has 104 valence electrons. The second kappa shape index (κ2) is 5.92. The number of amides is 1. The van der Waals surface area contributed by atoms with Crippen molar-refractivity contribution in [1.82, 2.24) is 9.55 Å². The lowest BCUT2D eigenvalue weighted by Crippen LogP contribution is -2.27. The summed E-state index contributed by atoms with van der Waals surface area (Å²) in [6, 6.07) is 7.12. The number of thioether (sulfide) groups is 1. The van der Waals surface area contributed by atoms with Crippen molar-refractivity contribution >= 4 is 28.6 Å². The molecule has 0 aliphatic heterocycles. The zero-order valence-corrected chi connectivity index (χ0v) is 11.9. The fourth-order valence-electron chi connectivity index (χ4n) is 1.74. The smallest absolute Gasteiger partial charge is 0.262 e. The average Bonchev–Trinajstić information content (AvgIpc) is 2.43. The van der Waals surface area contributed by atoms with Crippen LogP contribution in [0.4, 0.5) is 0 Å². The van der Waals surface area contributed by atoms with Crippen molar-refractivity contribution < 1.29 is 4.79 Å². The van der Waals surface area contributed by atoms with Crippen molar-refractivity contribution in [3.63, 3.8) is 0 Å². The van der Waals surface area contributed by atoms with Gasteiger partial charge in [0.15, 0.2) is 5.16 Å². The highest BCUT2D eigenvalue weighted by atomic mass is 32.2. The third-order valence-electron chi connectivity index (χ3n) is 2.82. The first-order chi connectivity index (χ1) is 9.54. The summed E-state index contributed by atoms with van der Waals surface area (Å²) in [6.07, 6.45) is 1.62. The van der Waals surface area contributed by atoms with Gasteiger partial charge in [0.2, 0.25) is 5.91 Å². The number of carbonyl (C=O) groups excluding carboxylic acids is 1. The fraction of sp³-hybridized carbons (Fsp3) is 0.214. The highest BCUT2D eigenvalue weighted by Crippen LogP contribution is 2.22. The molecule has 1 amide bonds. The monoisotopic (exact) mass is 289 g/mol. The van der Waals surface area contributed by atoms with Crippen molar-refractivity contribution in [2.24, 2.45) is 5.73 Å². The molecule has 0 aliphatic rings. The lowest BCUT2D eigenvalue weighted by molar-refractivity contribution is -0.117. The van der Waals surface area contributed by atoms with E-state index in [9.17, 15) is 9.59 Å². The maximum absolute atomic E-state index is 12.4. The number of nitrogens with zero attached hydrogens (tertiary/aromatic N) is 2. The largest absolute Gasteiger partial charge is 0.369 e. The van der Waals surface area contributed by atoms with E-state index in [0.29, 0.717) is 22.6 Å². The van der Waals surface area contributed by atoms with Gasteiger partial charge in [-0.1, -0.05) is 30.0 Å². The molecule has 0 radical (unpaired) electrons. The molecule has 0 spiro atoms. The molecule has 6 heteroatoms. The summed E-state index contributed by atoms with van der Waals surface area (Å²) in [7, 11) is 0. The van der Waals surface area contributed by atoms with Gasteiger partial charge in [0, 0.05) is 6.54 Å². The predicted molar refractivity (Wildman–Crippen MR) is 80.7 cm³/mol. The Bertz CT molecular complexity index is 724. The molecule has 2 N–H and O–H groups in total. The van der Waals surface area contributed by atoms with Gasteiger partial charge in [-0.25, -0.2) is 4.98 Å². The number of carbonyl (C=O) groups is 1. The average molecular weight is 289 g/mol. The summed E-state index contributed by atoms with van der Waals surface area (Å²) in [5.74, 6) is -0.442. The van der Waals surface area contributed by atoms with Crippen LogP contribution in [0.25, 0.3) is 10.9 Å². The number of para-hydroxylation sites is 1. The zero-order valence-electron chi connectivity index (χ0n) is 11.1. The van der Waals surface area contributed by atoms with Crippen molar-refractivity contribution in [2.75, 3.05) is 0 Å². The number of aromatic nitrogens is 2. The van der Waals surface area contributed by atoms with E-state index in [1.165, 1.54) is 16.3 Å². The van der Waals surface area contributed by atoms with Crippen LogP contribution in [0.15, 0.2) is 46.9 Å². The Morgan fingerprint density at radius 3 is 2.90 bits per heavy atom. The van der Waals surface area contributed by atoms with Crippen LogP contribution in [-0.2, 0) is 11.3 Å². The van der Waals surface area contributed by atoms with E-state index >= 15 is 0 Å². The SMILES string of the molecule is C=CCn1c(SC(C)C(N)=O)nc2ccccc2c1=O. The number of hydrogen-bond donors (Lipinski definition) is 1. The van der Waals surface area contributed by atoms with Crippen LogP contribution in [0, 0.1) is 0 Å². The first kappa shape index (κ1) is 14.3. The van der Waals surface area contributed by atoms with Gasteiger partial charge in [-0.05, 0) is 19.1 Å². The summed E-state index contributed by atoms with van der Waals surface area (Å²) < 4.78 is 1.50. The van der Waals surface area contributed by atoms with E-state index in [1.54, 1.807) is 31.2 Å². The van der Waals surface area contributed by atoms with E-state index in [-0.39, 0.29) is 5.56 Å². The molecule has 0 saturated heterocycles. The van der Waals surface area contributed by atoms with Gasteiger partial charge in [-0.3, -0.25) is 14.2 Å². The second-order valence-electron chi connectivity index (χ2n) is 4.28. The van der Waals surface area contributed by atoms with E-state index in [1.807, 2.05) is 6.07 Å². The van der Waals surface area contributed by atoms with Crippen LogP contribution in [0.1, 0.15) is 6.92 Å². The normalized spacial score (nSPS) is 12.2. The fourth-order valence-corrected chi connectivity index (χ4v) is 2.61. The van der Waals surface area contributed by atoms with Gasteiger partial charge in [0.25, 0.3) is 5.56 Å². The van der Waals surface area contributed by atoms with E-state index in [2.05, 4.69) is 11.6 Å². The van der Waals surface area contributed by atoms with Crippen molar-refractivity contribution in [3.05, 3.63) is 47.3 Å². The topological polar surface area (TPSA) is 78.0 Å². The maximum atomic E-state index is 12.4. The molecule has 5 nitrogen and oxygen atoms in total. The van der Waals surface area contributed by atoms with Crippen LogP contribution < -0.4 is 11.3 Å². The minimum absolute atomic E-state index is 0.144. The van der Waals surface area contributed by atoms with Crippen LogP contribution >= 0.6 is 11.8 Å². The third-order valence-corrected chi connectivity index (χ3v) is 3.93. The molecule has 1 atom stereocenters. The molecule has 1 unspecified atom stereocenters. The molecule has 2 rings (SSSR count). The maximum Gasteiger partial charge on any atom is 0.262 e. The molecule has 0 aliphatic carbocycles. The Morgan fingerprint density at radius 2 is 2.25 bits per heavy atom. The summed E-state index contributed by atoms with van der Waals surface area (Å²) in [6.45, 7) is 5.67. The first-order valence-electron chi connectivity index (χ1n) is 6.11. The standard InChI is InChI=1S/C14H15N3O2S/c1-3-8-17-13(19)10-6-4-5-7-11(10)16-14(17)20-9(2)12(15)18/h3-7,9H,1,8H2,2H3,(H2,15,18). The number of allylic oxidation sites excluding steroid dienone is 1. The van der Waals surface area contributed by atoms with Gasteiger partial charge in [0.1, 0.15) is 0 Å². The molecule has 1 aromatic heterocycles. The Hall–Kier alpha value is -2.08. The highest BCUT2D eigenvalue weighted by Gasteiger charge is 2.16. The van der Waals surface area contributed by atoms with E-state index in [4.69, 9.17) is 5.73 Å². The Balaban J connectivity index is 2.62. The van der Waals surface area contributed by atoms with E-state index < -0.39 is 11.2 Å². The Labute approximate surface area is 120 Å². The summed E-state index contributed by atoms with van der Waals surface area (Å²) in [5.41, 5.74) is 5.73. The number of nitrogens with two attached hydrogens (primary N) is 1. The van der Waals surface area contributed by atoms with Crippen molar-refractivity contribution in [1.29, 1.82) is 0 Å². The van der Waals surface area contributed by atoms with Crippen LogP contribution in [-0.4, -0.2) is 20.7 Å². The molecule has 20 heavy (non-hydrogen) atoms. The van der Waals surface area contributed by atoms with Gasteiger partial charge in [-0.2, -0.15) is 0 Å². The summed E-state index contributed by atoms with van der Waals surface area (Å²) in [5, 5.41) is 0.560. The molecule has 0 bridgehead atoms. The Morgan fingerprint density at radius 1 is 1.55 bits per heavy atom. The van der Waals surface area contributed by atoms with Crippen LogP contribution in [0.3, 0.4) is 0 Å². The van der Waals surface area contributed by atoms with Crippen LogP contribution in [0.2, 0.25) is 0 Å². The van der Waals surface area contributed by atoms with Gasteiger partial charge in [-0.15, -0.1) is 6.58 Å². The number of benzene rings is 1. The molecule has 1 heterocycles. The molecular formula is C14H15N3O2S. The minimum Gasteiger partial charge on any atom is -0.369 e. The lowest BCUT2D eigenvalue weighted by atomic mass is 10.2. The molecular weight excluding hydrogens is 274 g/mol. The number of rotatable bonds is 5. The predicted octanol–water partition coefficient (Wildman–Crippen LogP) is 1.55. The van der Waals surface area contributed by atoms with Gasteiger partial charge < -0.3 is 5.73 Å². The van der Waals surface area contributed by atoms with Crippen molar-refractivity contribution in [3.8, 4) is 0 Å². The minimum atomic E-state index is -0.459. The highest BCUT2D eigenvalue weighted by molar-refractivity contribution is 8.00. The molecule has 0 fully saturated rings. The number of fused-ring (bicyclic) bond motifs is 1. The molecule has 2 aromatic rings.